The fourth-order valence-electron chi connectivity index (χ4n) is 3.70. The molecular formula is C21H18N2O4S2. The second-order valence-corrected chi connectivity index (χ2v) is 8.80. The van der Waals surface area contributed by atoms with Gasteiger partial charge in [0.25, 0.3) is 0 Å². The third-order valence-corrected chi connectivity index (χ3v) is 6.55. The molecule has 3 aromatic rings. The summed E-state index contributed by atoms with van der Waals surface area (Å²) < 4.78 is 13.7. The highest BCUT2D eigenvalue weighted by Gasteiger charge is 2.36. The summed E-state index contributed by atoms with van der Waals surface area (Å²) in [6, 6.07) is 15.7. The molecule has 1 saturated heterocycles. The van der Waals surface area contributed by atoms with Gasteiger partial charge in [0.15, 0.2) is 3.95 Å². The standard InChI is InChI=1S/C21H18N2O4S2/c24-17-11-26-10-14(22-17)9-12-1-5-15(6-2-12)27-16-7-3-13(4-8-16)18-19-20(25)23(18)21(28)29-19/h1-8,14,18,25H,9-11H2,(H,22,24). The average Bonchev–Trinajstić information content (AvgIpc) is 3.22. The molecule has 0 aliphatic carbocycles. The number of ether oxygens (including phenoxy) is 2. The SMILES string of the molecule is O=C1COCC(Cc2ccc(Oc3ccc(C4c5sc(=S)n4c5O)cc3)cc2)N1. The van der Waals surface area contributed by atoms with Crippen LogP contribution in [0, 0.1) is 3.95 Å². The van der Waals surface area contributed by atoms with E-state index in [1.807, 2.05) is 48.5 Å². The van der Waals surface area contributed by atoms with Gasteiger partial charge < -0.3 is 19.9 Å². The molecule has 2 atom stereocenters. The van der Waals surface area contributed by atoms with Crippen LogP contribution in [0.2, 0.25) is 0 Å². The summed E-state index contributed by atoms with van der Waals surface area (Å²) in [7, 11) is 0. The fraction of sp³-hybridized carbons (Fsp3) is 0.238. The maximum atomic E-state index is 11.4. The van der Waals surface area contributed by atoms with Crippen LogP contribution < -0.4 is 10.1 Å². The normalized spacial score (nSPS) is 20.1. The van der Waals surface area contributed by atoms with Crippen molar-refractivity contribution in [1.29, 1.82) is 0 Å². The number of hydrogen-bond acceptors (Lipinski definition) is 6. The number of hydrogen-bond donors (Lipinski definition) is 2. The number of aromatic hydroxyl groups is 1. The Kier molecular flexibility index (Phi) is 4.61. The lowest BCUT2D eigenvalue weighted by atomic mass is 10.0. The van der Waals surface area contributed by atoms with E-state index in [4.69, 9.17) is 21.7 Å². The predicted octanol–water partition coefficient (Wildman–Crippen LogP) is 3.79. The van der Waals surface area contributed by atoms with Crippen LogP contribution >= 0.6 is 23.6 Å². The molecule has 148 valence electrons. The molecule has 3 aliphatic heterocycles. The predicted molar refractivity (Wildman–Crippen MR) is 111 cm³/mol. The first-order valence-electron chi connectivity index (χ1n) is 9.26. The van der Waals surface area contributed by atoms with Gasteiger partial charge in [-0.05, 0) is 54.0 Å². The third-order valence-electron chi connectivity index (χ3n) is 5.10. The molecule has 4 heterocycles. The van der Waals surface area contributed by atoms with E-state index in [0.717, 1.165) is 33.9 Å². The fourth-order valence-corrected chi connectivity index (χ4v) is 5.18. The zero-order valence-electron chi connectivity index (χ0n) is 15.3. The van der Waals surface area contributed by atoms with Gasteiger partial charge in [-0.1, -0.05) is 24.3 Å². The highest BCUT2D eigenvalue weighted by molar-refractivity contribution is 7.73. The van der Waals surface area contributed by atoms with Gasteiger partial charge in [0.1, 0.15) is 24.1 Å². The summed E-state index contributed by atoms with van der Waals surface area (Å²) in [5.41, 5.74) is 2.18. The minimum absolute atomic E-state index is 0.00805. The number of fused-ring (bicyclic) bond motifs is 1. The molecule has 0 saturated carbocycles. The summed E-state index contributed by atoms with van der Waals surface area (Å²) in [6.07, 6.45) is 0.723. The average molecular weight is 427 g/mol. The minimum atomic E-state index is -0.0664. The molecule has 29 heavy (non-hydrogen) atoms. The van der Waals surface area contributed by atoms with Crippen LogP contribution in [0.5, 0.6) is 17.4 Å². The van der Waals surface area contributed by atoms with Gasteiger partial charge in [0.05, 0.1) is 17.5 Å². The van der Waals surface area contributed by atoms with Crippen LogP contribution in [0.15, 0.2) is 48.5 Å². The number of nitrogens with zero attached hydrogens (tertiary/aromatic N) is 1. The van der Waals surface area contributed by atoms with E-state index in [0.29, 0.717) is 10.6 Å². The summed E-state index contributed by atoms with van der Waals surface area (Å²) in [4.78, 5) is 12.3. The minimum Gasteiger partial charge on any atom is -0.494 e. The van der Waals surface area contributed by atoms with E-state index in [1.54, 1.807) is 4.57 Å². The van der Waals surface area contributed by atoms with Crippen LogP contribution in [0.4, 0.5) is 0 Å². The van der Waals surface area contributed by atoms with Gasteiger partial charge in [-0.25, -0.2) is 0 Å². The van der Waals surface area contributed by atoms with Crippen molar-refractivity contribution in [3.8, 4) is 17.4 Å². The Balaban J connectivity index is 1.22. The second kappa shape index (κ2) is 7.29. The molecule has 6 nitrogen and oxygen atoms in total. The van der Waals surface area contributed by atoms with E-state index >= 15 is 0 Å². The maximum Gasteiger partial charge on any atom is 0.246 e. The Hall–Kier alpha value is -2.68. The van der Waals surface area contributed by atoms with Gasteiger partial charge in [-0.2, -0.15) is 0 Å². The molecule has 8 heteroatoms. The third kappa shape index (κ3) is 3.43. The first-order valence-corrected chi connectivity index (χ1v) is 10.5. The largest absolute Gasteiger partial charge is 0.494 e. The molecular weight excluding hydrogens is 408 g/mol. The summed E-state index contributed by atoms with van der Waals surface area (Å²) in [5, 5.41) is 12.8. The first kappa shape index (κ1) is 18.4. The second-order valence-electron chi connectivity index (χ2n) is 7.13. The van der Waals surface area contributed by atoms with Crippen LogP contribution in [0.3, 0.4) is 0 Å². The number of rotatable bonds is 5. The number of carbonyl (C=O) groups is 1. The maximum absolute atomic E-state index is 11.4. The van der Waals surface area contributed by atoms with Gasteiger partial charge in [0, 0.05) is 0 Å². The Morgan fingerprint density at radius 1 is 1.17 bits per heavy atom. The van der Waals surface area contributed by atoms with E-state index < -0.39 is 0 Å². The van der Waals surface area contributed by atoms with Gasteiger partial charge >= 0.3 is 0 Å². The van der Waals surface area contributed by atoms with Crippen LogP contribution in [-0.2, 0) is 16.0 Å². The van der Waals surface area contributed by atoms with Crippen LogP contribution in [0.25, 0.3) is 0 Å². The highest BCUT2D eigenvalue weighted by Crippen LogP contribution is 2.49. The molecule has 3 aliphatic rings. The molecule has 1 aromatic heterocycles. The lowest BCUT2D eigenvalue weighted by molar-refractivity contribution is -0.131. The van der Waals surface area contributed by atoms with E-state index in [1.165, 1.54) is 11.3 Å². The summed E-state index contributed by atoms with van der Waals surface area (Å²) in [6.45, 7) is 0.678. The summed E-state index contributed by atoms with van der Waals surface area (Å²) >= 11 is 6.70. The lowest BCUT2D eigenvalue weighted by Crippen LogP contribution is -2.46. The van der Waals surface area contributed by atoms with Crippen LogP contribution in [-0.4, -0.2) is 34.8 Å². The molecule has 1 fully saturated rings. The van der Waals surface area contributed by atoms with Crippen molar-refractivity contribution < 1.29 is 19.4 Å². The molecule has 2 bridgehead atoms. The highest BCUT2D eigenvalue weighted by atomic mass is 32.1. The van der Waals surface area contributed by atoms with Crippen LogP contribution in [0.1, 0.15) is 22.0 Å². The van der Waals surface area contributed by atoms with Crippen molar-refractivity contribution in [2.45, 2.75) is 18.5 Å². The number of aromatic nitrogens is 1. The molecule has 0 radical (unpaired) electrons. The van der Waals surface area contributed by atoms with Crippen molar-refractivity contribution in [3.63, 3.8) is 0 Å². The number of benzene rings is 2. The van der Waals surface area contributed by atoms with Crippen molar-refractivity contribution in [1.82, 2.24) is 9.88 Å². The quantitative estimate of drug-likeness (QED) is 0.475. The van der Waals surface area contributed by atoms with Crippen molar-refractivity contribution in [2.75, 3.05) is 13.2 Å². The smallest absolute Gasteiger partial charge is 0.246 e. The first-order chi connectivity index (χ1) is 14.1. The number of amides is 1. The molecule has 6 rings (SSSR count). The Labute approximate surface area is 176 Å². The molecule has 2 N–H and O–H groups in total. The van der Waals surface area contributed by atoms with Crippen molar-refractivity contribution in [3.05, 3.63) is 68.5 Å². The van der Waals surface area contributed by atoms with Gasteiger partial charge in [-0.15, -0.1) is 11.3 Å². The Morgan fingerprint density at radius 2 is 1.86 bits per heavy atom. The molecule has 1 amide bonds. The zero-order valence-corrected chi connectivity index (χ0v) is 17.0. The number of morpholine rings is 1. The number of carbonyl (C=O) groups excluding carboxylic acids is 1. The van der Waals surface area contributed by atoms with Crippen molar-refractivity contribution >= 4 is 29.5 Å². The van der Waals surface area contributed by atoms with Crippen molar-refractivity contribution in [2.24, 2.45) is 0 Å². The lowest BCUT2D eigenvalue weighted by Gasteiger charge is -2.25. The number of thiazole rings is 1. The Bertz CT molecular complexity index is 1120. The molecule has 2 aromatic carbocycles. The van der Waals surface area contributed by atoms with Gasteiger partial charge in [0.2, 0.25) is 11.8 Å². The molecule has 0 spiro atoms. The summed E-state index contributed by atoms with van der Waals surface area (Å²) in [5.74, 6) is 1.70. The topological polar surface area (TPSA) is 72.7 Å². The monoisotopic (exact) mass is 426 g/mol. The van der Waals surface area contributed by atoms with E-state index in [2.05, 4.69) is 5.32 Å². The van der Waals surface area contributed by atoms with E-state index in [-0.39, 0.29) is 30.5 Å². The van der Waals surface area contributed by atoms with E-state index in [9.17, 15) is 9.90 Å². The number of nitrogens with one attached hydrogen (secondary N) is 1. The van der Waals surface area contributed by atoms with Gasteiger partial charge in [-0.3, -0.25) is 9.36 Å². The molecule has 2 unspecified atom stereocenters. The zero-order chi connectivity index (χ0) is 20.0. The Morgan fingerprint density at radius 3 is 2.45 bits per heavy atom.